The Labute approximate surface area is 65.3 Å². The quantitative estimate of drug-likeness (QED) is 0.401. The second-order valence-electron chi connectivity index (χ2n) is 2.76. The Morgan fingerprint density at radius 2 is 1.90 bits per heavy atom. The van der Waals surface area contributed by atoms with Crippen molar-refractivity contribution in [1.82, 2.24) is 0 Å². The molecule has 10 heavy (non-hydrogen) atoms. The Kier molecular flexibility index (Phi) is 6.68. The molecule has 0 bridgehead atoms. The third kappa shape index (κ3) is 4.60. The van der Waals surface area contributed by atoms with Crippen molar-refractivity contribution in [3.8, 4) is 0 Å². The molecule has 0 rings (SSSR count). The fourth-order valence-electron chi connectivity index (χ4n) is 1.13. The third-order valence-electron chi connectivity index (χ3n) is 1.96. The second-order valence-corrected chi connectivity index (χ2v) is 2.76. The molecule has 0 saturated carbocycles. The molecule has 0 aromatic rings. The van der Waals surface area contributed by atoms with Gasteiger partial charge >= 0.3 is 0 Å². The summed E-state index contributed by atoms with van der Waals surface area (Å²) in [5, 5.41) is 0. The van der Waals surface area contributed by atoms with Crippen LogP contribution in [0.5, 0.6) is 0 Å². The van der Waals surface area contributed by atoms with Crippen molar-refractivity contribution in [3.05, 3.63) is 11.6 Å². The van der Waals surface area contributed by atoms with Crippen LogP contribution < -0.4 is 0 Å². The lowest BCUT2D eigenvalue weighted by Crippen LogP contribution is -1.81. The molecule has 0 heteroatoms. The van der Waals surface area contributed by atoms with Gasteiger partial charge < -0.3 is 0 Å². The van der Waals surface area contributed by atoms with Crippen LogP contribution in [-0.4, -0.2) is 0 Å². The average Bonchev–Trinajstić information content (AvgIpc) is 1.99. The summed E-state index contributed by atoms with van der Waals surface area (Å²) >= 11 is 0. The van der Waals surface area contributed by atoms with E-state index >= 15 is 0 Å². The van der Waals surface area contributed by atoms with E-state index in [0.717, 1.165) is 0 Å². The zero-order valence-electron chi connectivity index (χ0n) is 7.61. The largest absolute Gasteiger partial charge is 0.0885 e. The van der Waals surface area contributed by atoms with Gasteiger partial charge in [0.25, 0.3) is 0 Å². The van der Waals surface area contributed by atoms with Crippen molar-refractivity contribution >= 4 is 0 Å². The lowest BCUT2D eigenvalue weighted by atomic mass is 10.1. The molecule has 0 unspecified atom stereocenters. The lowest BCUT2D eigenvalue weighted by Gasteiger charge is -2.01. The molecule has 0 radical (unpaired) electrons. The molecule has 0 heterocycles. The first-order valence-electron chi connectivity index (χ1n) is 4.49. The molecule has 0 aliphatic rings. The Balaban J connectivity index is 3.27. The maximum absolute atomic E-state index is 2.26. The molecule has 0 aromatic carbocycles. The van der Waals surface area contributed by atoms with Crippen LogP contribution in [0.15, 0.2) is 11.6 Å². The van der Waals surface area contributed by atoms with Crippen molar-refractivity contribution in [1.29, 1.82) is 0 Å². The fraction of sp³-hybridized carbons (Fsp3) is 0.800. The van der Waals surface area contributed by atoms with Crippen LogP contribution in [0.3, 0.4) is 0 Å². The number of unbranched alkanes of at least 4 members (excludes halogenated alkanes) is 2. The van der Waals surface area contributed by atoms with E-state index in [4.69, 9.17) is 0 Å². The van der Waals surface area contributed by atoms with Gasteiger partial charge in [0.15, 0.2) is 0 Å². The molecule has 0 aliphatic carbocycles. The van der Waals surface area contributed by atoms with Gasteiger partial charge in [0.05, 0.1) is 0 Å². The lowest BCUT2D eigenvalue weighted by molar-refractivity contribution is 0.701. The van der Waals surface area contributed by atoms with E-state index in [-0.39, 0.29) is 0 Å². The first kappa shape index (κ1) is 9.74. The first-order valence-corrected chi connectivity index (χ1v) is 4.49. The van der Waals surface area contributed by atoms with Crippen molar-refractivity contribution in [3.63, 3.8) is 0 Å². The van der Waals surface area contributed by atoms with E-state index in [1.54, 1.807) is 5.57 Å². The first-order chi connectivity index (χ1) is 4.85. The van der Waals surface area contributed by atoms with E-state index in [2.05, 4.69) is 26.8 Å². The Morgan fingerprint density at radius 3 is 2.30 bits per heavy atom. The number of hydrogen-bond donors (Lipinski definition) is 0. The standard InChI is InChI=1S/C10H20/c1-4-7-8-9-10(5-2)6-3/h5H,4,6-9H2,1-3H3/b10-5+. The summed E-state index contributed by atoms with van der Waals surface area (Å²) in [6.07, 6.45) is 8.92. The molecule has 0 aromatic heterocycles. The predicted molar refractivity (Wildman–Crippen MR) is 48.2 cm³/mol. The highest BCUT2D eigenvalue weighted by Crippen LogP contribution is 2.11. The Hall–Kier alpha value is -0.260. The average molecular weight is 140 g/mol. The molecule has 0 atom stereocenters. The minimum Gasteiger partial charge on any atom is -0.0885 e. The van der Waals surface area contributed by atoms with Gasteiger partial charge in [-0.2, -0.15) is 0 Å². The molecule has 0 spiro atoms. The highest BCUT2D eigenvalue weighted by Gasteiger charge is 1.91. The predicted octanol–water partition coefficient (Wildman–Crippen LogP) is 3.92. The van der Waals surface area contributed by atoms with Gasteiger partial charge in [-0.1, -0.05) is 38.3 Å². The molecule has 0 nitrogen and oxygen atoms in total. The SMILES string of the molecule is C/C=C(\CC)CCCCC. The molecule has 0 N–H and O–H groups in total. The third-order valence-corrected chi connectivity index (χ3v) is 1.96. The van der Waals surface area contributed by atoms with Crippen LogP contribution in [0.1, 0.15) is 52.9 Å². The highest BCUT2D eigenvalue weighted by atomic mass is 14.0. The molecule has 60 valence electrons. The van der Waals surface area contributed by atoms with Crippen LogP contribution in [-0.2, 0) is 0 Å². The maximum Gasteiger partial charge on any atom is -0.0321 e. The van der Waals surface area contributed by atoms with Gasteiger partial charge in [-0.3, -0.25) is 0 Å². The van der Waals surface area contributed by atoms with Gasteiger partial charge in [-0.05, 0) is 26.2 Å². The van der Waals surface area contributed by atoms with Crippen LogP contribution >= 0.6 is 0 Å². The normalized spacial score (nSPS) is 12.1. The zero-order valence-corrected chi connectivity index (χ0v) is 7.61. The molecular formula is C10H20. The van der Waals surface area contributed by atoms with Crippen molar-refractivity contribution in [2.45, 2.75) is 52.9 Å². The summed E-state index contributed by atoms with van der Waals surface area (Å²) in [6, 6.07) is 0. The van der Waals surface area contributed by atoms with Crippen LogP contribution in [0.4, 0.5) is 0 Å². The summed E-state index contributed by atoms with van der Waals surface area (Å²) in [5.74, 6) is 0. The molecular weight excluding hydrogens is 120 g/mol. The van der Waals surface area contributed by atoms with Gasteiger partial charge in [0, 0.05) is 0 Å². The highest BCUT2D eigenvalue weighted by molar-refractivity contribution is 4.98. The number of allylic oxidation sites excluding steroid dienone is 2. The molecule has 0 aliphatic heterocycles. The smallest absolute Gasteiger partial charge is 0.0321 e. The van der Waals surface area contributed by atoms with Gasteiger partial charge in [-0.15, -0.1) is 0 Å². The van der Waals surface area contributed by atoms with Crippen molar-refractivity contribution in [2.24, 2.45) is 0 Å². The summed E-state index contributed by atoms with van der Waals surface area (Å²) in [7, 11) is 0. The van der Waals surface area contributed by atoms with Gasteiger partial charge in [0.1, 0.15) is 0 Å². The summed E-state index contributed by atoms with van der Waals surface area (Å²) in [4.78, 5) is 0. The topological polar surface area (TPSA) is 0 Å². The van der Waals surface area contributed by atoms with Crippen molar-refractivity contribution < 1.29 is 0 Å². The molecule has 0 fully saturated rings. The summed E-state index contributed by atoms with van der Waals surface area (Å²) in [5.41, 5.74) is 1.62. The second kappa shape index (κ2) is 6.85. The number of rotatable bonds is 5. The summed E-state index contributed by atoms with van der Waals surface area (Å²) in [6.45, 7) is 6.63. The monoisotopic (exact) mass is 140 g/mol. The van der Waals surface area contributed by atoms with Crippen LogP contribution in [0.2, 0.25) is 0 Å². The van der Waals surface area contributed by atoms with E-state index in [9.17, 15) is 0 Å². The van der Waals surface area contributed by atoms with Crippen molar-refractivity contribution in [2.75, 3.05) is 0 Å². The minimum absolute atomic E-state index is 1.24. The minimum atomic E-state index is 1.24. The van der Waals surface area contributed by atoms with Gasteiger partial charge in [-0.25, -0.2) is 0 Å². The van der Waals surface area contributed by atoms with Gasteiger partial charge in [0.2, 0.25) is 0 Å². The van der Waals surface area contributed by atoms with Crippen LogP contribution in [0.25, 0.3) is 0 Å². The van der Waals surface area contributed by atoms with E-state index < -0.39 is 0 Å². The fourth-order valence-corrected chi connectivity index (χ4v) is 1.13. The molecule has 0 saturated heterocycles. The maximum atomic E-state index is 2.26. The van der Waals surface area contributed by atoms with E-state index in [1.807, 2.05) is 0 Å². The molecule has 0 amide bonds. The Bertz CT molecular complexity index is 90.2. The number of hydrogen-bond acceptors (Lipinski definition) is 0. The van der Waals surface area contributed by atoms with E-state index in [0.29, 0.717) is 0 Å². The zero-order chi connectivity index (χ0) is 7.82. The Morgan fingerprint density at radius 1 is 1.20 bits per heavy atom. The van der Waals surface area contributed by atoms with Crippen LogP contribution in [0, 0.1) is 0 Å². The van der Waals surface area contributed by atoms with E-state index in [1.165, 1.54) is 32.1 Å². The summed E-state index contributed by atoms with van der Waals surface area (Å²) < 4.78 is 0.